The zero-order valence-corrected chi connectivity index (χ0v) is 34.0. The molecule has 0 aliphatic carbocycles. The fourth-order valence-electron chi connectivity index (χ4n) is 7.12. The van der Waals surface area contributed by atoms with Gasteiger partial charge in [-0.15, -0.1) is 0 Å². The maximum absolute atomic E-state index is 12.7. The van der Waals surface area contributed by atoms with Crippen molar-refractivity contribution in [3.05, 3.63) is 12.2 Å². The summed E-state index contributed by atoms with van der Waals surface area (Å²) in [4.78, 5) is 23.3. The Morgan fingerprint density at radius 2 is 0.720 bits per heavy atom. The third-order valence-corrected chi connectivity index (χ3v) is 10.5. The molecule has 4 heteroatoms. The van der Waals surface area contributed by atoms with Crippen molar-refractivity contribution in [1.29, 1.82) is 0 Å². The van der Waals surface area contributed by atoms with Crippen molar-refractivity contribution < 1.29 is 19.4 Å². The van der Waals surface area contributed by atoms with E-state index in [2.05, 4.69) is 26.0 Å². The molecule has 0 aromatic carbocycles. The van der Waals surface area contributed by atoms with E-state index in [1.807, 2.05) is 0 Å². The lowest BCUT2D eigenvalue weighted by Gasteiger charge is -2.18. The van der Waals surface area contributed by atoms with Crippen LogP contribution in [0.4, 0.5) is 0 Å². The van der Waals surface area contributed by atoms with Crippen LogP contribution < -0.4 is 0 Å². The molecule has 0 saturated carbocycles. The summed E-state index contributed by atoms with van der Waals surface area (Å²) in [7, 11) is 0. The summed E-state index contributed by atoms with van der Waals surface area (Å²) in [6, 6.07) is 0. The summed E-state index contributed by atoms with van der Waals surface area (Å²) in [6.45, 7) is 4.55. The number of hydrogen-bond acceptors (Lipinski definition) is 3. The summed E-state index contributed by atoms with van der Waals surface area (Å²) in [6.07, 6.45) is 52.7. The smallest absolute Gasteiger partial charge is 0.306 e. The van der Waals surface area contributed by atoms with E-state index in [1.54, 1.807) is 0 Å². The van der Waals surface area contributed by atoms with Crippen LogP contribution in [0, 0.1) is 0 Å². The lowest BCUT2D eigenvalue weighted by Crippen LogP contribution is -2.18. The monoisotopic (exact) mass is 705 g/mol. The van der Waals surface area contributed by atoms with Crippen LogP contribution in [0.15, 0.2) is 12.2 Å². The van der Waals surface area contributed by atoms with Crippen molar-refractivity contribution in [2.45, 2.75) is 270 Å². The molecule has 0 aromatic rings. The van der Waals surface area contributed by atoms with Crippen molar-refractivity contribution in [3.8, 4) is 0 Å². The summed E-state index contributed by atoms with van der Waals surface area (Å²) < 4.78 is 6.06. The molecule has 0 saturated heterocycles. The number of hydrogen-bond donors (Lipinski definition) is 1. The Kier molecular flexibility index (Phi) is 41.0. The summed E-state index contributed by atoms with van der Waals surface area (Å²) in [5.41, 5.74) is 0. The maximum Gasteiger partial charge on any atom is 0.306 e. The number of carboxylic acid groups (broad SMARTS) is 1. The minimum Gasteiger partial charge on any atom is -0.481 e. The summed E-state index contributed by atoms with van der Waals surface area (Å²) >= 11 is 0. The maximum atomic E-state index is 12.7. The Morgan fingerprint density at radius 1 is 0.420 bits per heavy atom. The second-order valence-electron chi connectivity index (χ2n) is 15.6. The number of carbonyl (C=O) groups excluding carboxylic acids is 1. The van der Waals surface area contributed by atoms with E-state index in [9.17, 15) is 9.59 Å². The minimum absolute atomic E-state index is 0.0453. The molecule has 1 unspecified atom stereocenters. The Morgan fingerprint density at radius 3 is 1.08 bits per heavy atom. The second kappa shape index (κ2) is 42.1. The molecule has 4 nitrogen and oxygen atoms in total. The van der Waals surface area contributed by atoms with Gasteiger partial charge in [0.1, 0.15) is 6.10 Å². The van der Waals surface area contributed by atoms with Crippen molar-refractivity contribution in [1.82, 2.24) is 0 Å². The summed E-state index contributed by atoms with van der Waals surface area (Å²) in [5.74, 6) is -0.622. The highest BCUT2D eigenvalue weighted by Crippen LogP contribution is 2.19. The minimum atomic E-state index is -0.667. The number of carbonyl (C=O) groups is 2. The lowest BCUT2D eigenvalue weighted by atomic mass is 10.0. The molecule has 0 heterocycles. The Hall–Kier alpha value is -1.32. The average Bonchev–Trinajstić information content (AvgIpc) is 3.10. The van der Waals surface area contributed by atoms with E-state index in [-0.39, 0.29) is 12.1 Å². The van der Waals surface area contributed by atoms with Gasteiger partial charge in [0.25, 0.3) is 0 Å². The van der Waals surface area contributed by atoms with Gasteiger partial charge in [0.2, 0.25) is 0 Å². The topological polar surface area (TPSA) is 63.6 Å². The van der Waals surface area contributed by atoms with Crippen LogP contribution in [0.1, 0.15) is 264 Å². The molecule has 0 bridgehead atoms. The molecule has 50 heavy (non-hydrogen) atoms. The highest BCUT2D eigenvalue weighted by Gasteiger charge is 2.14. The van der Waals surface area contributed by atoms with Crippen LogP contribution in [-0.2, 0) is 14.3 Å². The normalized spacial score (nSPS) is 12.2. The average molecular weight is 705 g/mol. The molecular formula is C46H88O4. The van der Waals surface area contributed by atoms with E-state index < -0.39 is 5.97 Å². The van der Waals surface area contributed by atoms with Crippen LogP contribution in [0.2, 0.25) is 0 Å². The quantitative estimate of drug-likeness (QED) is 0.0390. The van der Waals surface area contributed by atoms with Gasteiger partial charge in [0.05, 0.1) is 0 Å². The zero-order chi connectivity index (χ0) is 36.4. The molecule has 0 aromatic heterocycles. The first kappa shape index (κ1) is 48.7. The number of ether oxygens (including phenoxy) is 1. The molecule has 0 aliphatic heterocycles. The highest BCUT2D eigenvalue weighted by atomic mass is 16.5. The number of aliphatic carboxylic acids is 1. The lowest BCUT2D eigenvalue weighted by molar-refractivity contribution is -0.150. The van der Waals surface area contributed by atoms with E-state index in [4.69, 9.17) is 9.84 Å². The Labute approximate surface area is 313 Å². The molecule has 0 amide bonds. The standard InChI is InChI=1S/C46H88O4/c1-3-5-7-9-11-12-13-14-15-16-17-18-19-20-25-28-31-35-39-43-46(49)50-44(40-36-32-10-8-6-4-2)41-37-33-29-26-23-21-22-24-27-30-34-38-42-45(47)48/h14-15,44H,3-13,16-43H2,1-2H3,(H,47,48)/b15-14-. The number of allylic oxidation sites excluding steroid dienone is 2. The van der Waals surface area contributed by atoms with Gasteiger partial charge >= 0.3 is 11.9 Å². The Balaban J connectivity index is 3.85. The molecule has 0 spiro atoms. The third kappa shape index (κ3) is 41.1. The SMILES string of the molecule is CCCCCCCC/C=C\CCCCCCCCCCCC(=O)OC(CCCCCCCC)CCCCCCCCCCCCCCC(=O)O. The predicted octanol–water partition coefficient (Wildman–Crippen LogP) is 15.8. The van der Waals surface area contributed by atoms with Gasteiger partial charge in [0, 0.05) is 12.8 Å². The fourth-order valence-corrected chi connectivity index (χ4v) is 7.12. The van der Waals surface area contributed by atoms with Crippen LogP contribution in [-0.4, -0.2) is 23.1 Å². The number of esters is 1. The number of carboxylic acids is 1. The number of rotatable bonds is 42. The van der Waals surface area contributed by atoms with Crippen molar-refractivity contribution in [3.63, 3.8) is 0 Å². The largest absolute Gasteiger partial charge is 0.481 e. The van der Waals surface area contributed by atoms with Gasteiger partial charge in [-0.25, -0.2) is 0 Å². The highest BCUT2D eigenvalue weighted by molar-refractivity contribution is 5.69. The van der Waals surface area contributed by atoms with E-state index in [0.29, 0.717) is 12.8 Å². The van der Waals surface area contributed by atoms with Gasteiger partial charge in [-0.05, 0) is 64.2 Å². The molecule has 0 rings (SSSR count). The predicted molar refractivity (Wildman–Crippen MR) is 218 cm³/mol. The van der Waals surface area contributed by atoms with Gasteiger partial charge in [-0.2, -0.15) is 0 Å². The van der Waals surface area contributed by atoms with E-state index in [1.165, 1.54) is 199 Å². The van der Waals surface area contributed by atoms with E-state index in [0.717, 1.165) is 38.5 Å². The van der Waals surface area contributed by atoms with Crippen LogP contribution in [0.3, 0.4) is 0 Å². The van der Waals surface area contributed by atoms with Crippen LogP contribution in [0.25, 0.3) is 0 Å². The van der Waals surface area contributed by atoms with Crippen molar-refractivity contribution >= 4 is 11.9 Å². The first-order valence-electron chi connectivity index (χ1n) is 22.7. The van der Waals surface area contributed by atoms with Crippen molar-refractivity contribution in [2.75, 3.05) is 0 Å². The zero-order valence-electron chi connectivity index (χ0n) is 34.0. The molecular weight excluding hydrogens is 617 g/mol. The Bertz CT molecular complexity index is 717. The molecule has 0 radical (unpaired) electrons. The summed E-state index contributed by atoms with van der Waals surface area (Å²) in [5, 5.41) is 8.71. The second-order valence-corrected chi connectivity index (χ2v) is 15.6. The van der Waals surface area contributed by atoms with Gasteiger partial charge < -0.3 is 9.84 Å². The van der Waals surface area contributed by atoms with Crippen LogP contribution >= 0.6 is 0 Å². The fraction of sp³-hybridized carbons (Fsp3) is 0.913. The molecule has 1 atom stereocenters. The molecule has 296 valence electrons. The third-order valence-electron chi connectivity index (χ3n) is 10.5. The van der Waals surface area contributed by atoms with Gasteiger partial charge in [0.15, 0.2) is 0 Å². The number of unbranched alkanes of at least 4 members (excludes halogenated alkanes) is 31. The van der Waals surface area contributed by atoms with Gasteiger partial charge in [-0.1, -0.05) is 199 Å². The molecule has 1 N–H and O–H groups in total. The first-order chi connectivity index (χ1) is 24.6. The van der Waals surface area contributed by atoms with Crippen LogP contribution in [0.5, 0.6) is 0 Å². The van der Waals surface area contributed by atoms with Gasteiger partial charge in [-0.3, -0.25) is 9.59 Å². The molecule has 0 aliphatic rings. The first-order valence-corrected chi connectivity index (χ1v) is 22.7. The van der Waals surface area contributed by atoms with E-state index >= 15 is 0 Å². The molecule has 0 fully saturated rings. The van der Waals surface area contributed by atoms with Crippen molar-refractivity contribution in [2.24, 2.45) is 0 Å².